The van der Waals surface area contributed by atoms with E-state index in [1.165, 1.54) is 0 Å². The third-order valence-corrected chi connectivity index (χ3v) is 4.29. The van der Waals surface area contributed by atoms with Gasteiger partial charge in [-0.15, -0.1) is 0 Å². The Balaban J connectivity index is 1.93. The first kappa shape index (κ1) is 17.6. The van der Waals surface area contributed by atoms with Crippen LogP contribution >= 0.6 is 11.6 Å². The van der Waals surface area contributed by atoms with Crippen LogP contribution in [0, 0.1) is 6.92 Å². The molecule has 0 unspecified atom stereocenters. The number of carbonyl (C=O) groups excluding carboxylic acids is 1. The third-order valence-electron chi connectivity index (χ3n) is 3.88. The smallest absolute Gasteiger partial charge is 0.329 e. The first-order valence-corrected chi connectivity index (χ1v) is 7.94. The van der Waals surface area contributed by atoms with Crippen LogP contribution in [0.3, 0.4) is 0 Å². The highest BCUT2D eigenvalue weighted by Gasteiger charge is 2.20. The normalized spacial score (nSPS) is 15.4. The highest BCUT2D eigenvalue weighted by Crippen LogP contribution is 2.27. The van der Waals surface area contributed by atoms with Crippen molar-refractivity contribution in [2.45, 2.75) is 13.3 Å². The molecule has 1 fully saturated rings. The quantitative estimate of drug-likeness (QED) is 0.885. The molecule has 0 saturated carbocycles. The van der Waals surface area contributed by atoms with Crippen LogP contribution in [0.15, 0.2) is 18.2 Å². The van der Waals surface area contributed by atoms with E-state index in [0.717, 1.165) is 29.2 Å². The van der Waals surface area contributed by atoms with E-state index in [9.17, 15) is 9.59 Å². The molecule has 1 aliphatic rings. The van der Waals surface area contributed by atoms with Gasteiger partial charge in [-0.2, -0.15) is 0 Å². The van der Waals surface area contributed by atoms with Crippen molar-refractivity contribution in [3.05, 3.63) is 28.8 Å². The second kappa shape index (κ2) is 8.17. The average Bonchev–Trinajstić information content (AvgIpc) is 2.75. The van der Waals surface area contributed by atoms with Crippen LogP contribution in [-0.2, 0) is 14.3 Å². The topological polar surface area (TPSA) is 70.1 Å². The van der Waals surface area contributed by atoms with Gasteiger partial charge in [-0.05, 0) is 31.0 Å². The van der Waals surface area contributed by atoms with E-state index in [0.29, 0.717) is 19.6 Å². The molecule has 1 aromatic rings. The number of anilines is 1. The number of carboxylic acid groups (broad SMARTS) is 1. The van der Waals surface area contributed by atoms with Crippen LogP contribution in [0.2, 0.25) is 5.02 Å². The molecule has 1 saturated heterocycles. The number of halogens is 1. The number of nitrogens with zero attached hydrogens (tertiary/aromatic N) is 2. The summed E-state index contributed by atoms with van der Waals surface area (Å²) in [6.45, 7) is 4.14. The SMILES string of the molecule is Cc1c(Cl)cccc1N1CCCN(C(=O)COCC(=O)O)CC1. The number of hydrogen-bond acceptors (Lipinski definition) is 4. The van der Waals surface area contributed by atoms with Gasteiger partial charge >= 0.3 is 5.97 Å². The van der Waals surface area contributed by atoms with Crippen LogP contribution in [0.5, 0.6) is 0 Å². The summed E-state index contributed by atoms with van der Waals surface area (Å²) in [4.78, 5) is 26.4. The Bertz CT molecular complexity index is 579. The fourth-order valence-corrected chi connectivity index (χ4v) is 2.83. The number of rotatable bonds is 5. The first-order valence-electron chi connectivity index (χ1n) is 7.56. The number of ether oxygens (including phenoxy) is 1. The lowest BCUT2D eigenvalue weighted by atomic mass is 10.1. The molecule has 1 amide bonds. The van der Waals surface area contributed by atoms with Crippen molar-refractivity contribution >= 4 is 29.2 Å². The van der Waals surface area contributed by atoms with Gasteiger partial charge in [0.25, 0.3) is 0 Å². The fraction of sp³-hybridized carbons (Fsp3) is 0.500. The predicted octanol–water partition coefficient (Wildman–Crippen LogP) is 1.79. The van der Waals surface area contributed by atoms with Gasteiger partial charge in [0.15, 0.2) is 0 Å². The molecule has 6 nitrogen and oxygen atoms in total. The Kier molecular flexibility index (Phi) is 6.24. The van der Waals surface area contributed by atoms with E-state index in [2.05, 4.69) is 4.90 Å². The lowest BCUT2D eigenvalue weighted by molar-refractivity contribution is -0.145. The van der Waals surface area contributed by atoms with Gasteiger partial charge in [0.1, 0.15) is 13.2 Å². The molecule has 1 aliphatic heterocycles. The third kappa shape index (κ3) is 4.84. The van der Waals surface area contributed by atoms with Crippen LogP contribution in [0.25, 0.3) is 0 Å². The van der Waals surface area contributed by atoms with E-state index >= 15 is 0 Å². The molecule has 1 N–H and O–H groups in total. The van der Waals surface area contributed by atoms with Gasteiger partial charge in [0.2, 0.25) is 5.91 Å². The van der Waals surface area contributed by atoms with E-state index in [-0.39, 0.29) is 12.5 Å². The summed E-state index contributed by atoms with van der Waals surface area (Å²) in [5.74, 6) is -1.24. The molecule has 0 bridgehead atoms. The molecule has 23 heavy (non-hydrogen) atoms. The van der Waals surface area contributed by atoms with Crippen molar-refractivity contribution in [3.63, 3.8) is 0 Å². The van der Waals surface area contributed by atoms with Crippen LogP contribution in [0.1, 0.15) is 12.0 Å². The standard InChI is InChI=1S/C16H21ClN2O4/c1-12-13(17)4-2-5-14(12)18-6-3-7-19(9-8-18)15(20)10-23-11-16(21)22/h2,4-5H,3,6-11H2,1H3,(H,21,22). The Labute approximate surface area is 140 Å². The highest BCUT2D eigenvalue weighted by atomic mass is 35.5. The first-order chi connectivity index (χ1) is 11.0. The van der Waals surface area contributed by atoms with Gasteiger partial charge < -0.3 is 19.6 Å². The number of hydrogen-bond donors (Lipinski definition) is 1. The molecular weight excluding hydrogens is 320 g/mol. The molecule has 1 heterocycles. The summed E-state index contributed by atoms with van der Waals surface area (Å²) in [6, 6.07) is 5.83. The Morgan fingerprint density at radius 2 is 2.00 bits per heavy atom. The summed E-state index contributed by atoms with van der Waals surface area (Å²) in [7, 11) is 0. The van der Waals surface area contributed by atoms with Crippen molar-refractivity contribution in [3.8, 4) is 0 Å². The molecule has 0 spiro atoms. The molecule has 0 aromatic heterocycles. The maximum atomic E-state index is 12.1. The summed E-state index contributed by atoms with van der Waals surface area (Å²) in [5.41, 5.74) is 2.13. The maximum absolute atomic E-state index is 12.1. The van der Waals surface area contributed by atoms with Crippen LogP contribution in [-0.4, -0.2) is 61.3 Å². The van der Waals surface area contributed by atoms with Gasteiger partial charge in [-0.25, -0.2) is 4.79 Å². The molecule has 126 valence electrons. The number of carboxylic acids is 1. The van der Waals surface area contributed by atoms with Gasteiger partial charge in [0, 0.05) is 36.9 Å². The Morgan fingerprint density at radius 1 is 1.22 bits per heavy atom. The number of carbonyl (C=O) groups is 2. The fourth-order valence-electron chi connectivity index (χ4n) is 2.66. The minimum atomic E-state index is -1.07. The van der Waals surface area contributed by atoms with E-state index in [1.54, 1.807) is 4.90 Å². The molecule has 2 rings (SSSR count). The number of amides is 1. The van der Waals surface area contributed by atoms with Crippen LogP contribution in [0.4, 0.5) is 5.69 Å². The van der Waals surface area contributed by atoms with Crippen molar-refractivity contribution in [2.75, 3.05) is 44.3 Å². The lowest BCUT2D eigenvalue weighted by Crippen LogP contribution is -2.37. The average molecular weight is 341 g/mol. The van der Waals surface area contributed by atoms with Gasteiger partial charge in [0.05, 0.1) is 0 Å². The summed E-state index contributed by atoms with van der Waals surface area (Å²) >= 11 is 6.18. The zero-order valence-electron chi connectivity index (χ0n) is 13.1. The Hall–Kier alpha value is -1.79. The minimum Gasteiger partial charge on any atom is -0.480 e. The van der Waals surface area contributed by atoms with Gasteiger partial charge in [-0.1, -0.05) is 17.7 Å². The van der Waals surface area contributed by atoms with E-state index in [1.807, 2.05) is 25.1 Å². The minimum absolute atomic E-state index is 0.170. The molecule has 0 radical (unpaired) electrons. The van der Waals surface area contributed by atoms with Crippen molar-refractivity contribution in [1.29, 1.82) is 0 Å². The zero-order valence-corrected chi connectivity index (χ0v) is 13.9. The second-order valence-corrected chi connectivity index (χ2v) is 5.90. The van der Waals surface area contributed by atoms with Crippen molar-refractivity contribution < 1.29 is 19.4 Å². The van der Waals surface area contributed by atoms with E-state index < -0.39 is 12.6 Å². The predicted molar refractivity (Wildman–Crippen MR) is 88.1 cm³/mol. The number of benzene rings is 1. The number of aliphatic carboxylic acids is 1. The molecular formula is C16H21ClN2O4. The largest absolute Gasteiger partial charge is 0.480 e. The monoisotopic (exact) mass is 340 g/mol. The molecule has 7 heteroatoms. The van der Waals surface area contributed by atoms with Crippen molar-refractivity contribution in [2.24, 2.45) is 0 Å². The summed E-state index contributed by atoms with van der Waals surface area (Å²) < 4.78 is 4.88. The van der Waals surface area contributed by atoms with Crippen molar-refractivity contribution in [1.82, 2.24) is 4.90 Å². The molecule has 0 atom stereocenters. The maximum Gasteiger partial charge on any atom is 0.329 e. The summed E-state index contributed by atoms with van der Waals surface area (Å²) in [5, 5.41) is 9.26. The zero-order chi connectivity index (χ0) is 16.8. The summed E-state index contributed by atoms with van der Waals surface area (Å²) in [6.07, 6.45) is 0.844. The second-order valence-electron chi connectivity index (χ2n) is 5.49. The molecule has 1 aromatic carbocycles. The lowest BCUT2D eigenvalue weighted by Gasteiger charge is -2.25. The van der Waals surface area contributed by atoms with E-state index in [4.69, 9.17) is 21.4 Å². The van der Waals surface area contributed by atoms with Crippen LogP contribution < -0.4 is 4.90 Å². The molecule has 0 aliphatic carbocycles. The highest BCUT2D eigenvalue weighted by molar-refractivity contribution is 6.31. The Morgan fingerprint density at radius 3 is 2.74 bits per heavy atom. The van der Waals surface area contributed by atoms with Gasteiger partial charge in [-0.3, -0.25) is 4.79 Å².